The second-order valence-electron chi connectivity index (χ2n) is 5.90. The molecule has 1 fully saturated rings. The van der Waals surface area contributed by atoms with E-state index in [0.717, 1.165) is 16.5 Å². The fourth-order valence-corrected chi connectivity index (χ4v) is 4.58. The SMILES string of the molecule is CNC(CSC1CCCCC1)c1cnc2ccccc2c1. The molecule has 1 N–H and O–H groups in total. The summed E-state index contributed by atoms with van der Waals surface area (Å²) in [6.45, 7) is 0. The van der Waals surface area contributed by atoms with Gasteiger partial charge in [-0.3, -0.25) is 4.98 Å². The van der Waals surface area contributed by atoms with Crippen LogP contribution < -0.4 is 5.32 Å². The van der Waals surface area contributed by atoms with E-state index in [9.17, 15) is 0 Å². The number of hydrogen-bond acceptors (Lipinski definition) is 3. The number of nitrogens with zero attached hydrogens (tertiary/aromatic N) is 1. The lowest BCUT2D eigenvalue weighted by Crippen LogP contribution is -2.21. The summed E-state index contributed by atoms with van der Waals surface area (Å²) in [7, 11) is 2.06. The van der Waals surface area contributed by atoms with Gasteiger partial charge >= 0.3 is 0 Å². The summed E-state index contributed by atoms with van der Waals surface area (Å²) in [6, 6.07) is 11.0. The van der Waals surface area contributed by atoms with Crippen molar-refractivity contribution >= 4 is 22.7 Å². The summed E-state index contributed by atoms with van der Waals surface area (Å²) < 4.78 is 0. The van der Waals surface area contributed by atoms with Crippen molar-refractivity contribution in [1.82, 2.24) is 10.3 Å². The van der Waals surface area contributed by atoms with Crippen LogP contribution in [0.2, 0.25) is 0 Å². The van der Waals surface area contributed by atoms with Crippen LogP contribution >= 0.6 is 11.8 Å². The monoisotopic (exact) mass is 300 g/mol. The van der Waals surface area contributed by atoms with Gasteiger partial charge < -0.3 is 5.32 Å². The minimum Gasteiger partial charge on any atom is -0.312 e. The van der Waals surface area contributed by atoms with Gasteiger partial charge in [-0.15, -0.1) is 0 Å². The van der Waals surface area contributed by atoms with Gasteiger partial charge in [0.25, 0.3) is 0 Å². The Hall–Kier alpha value is -1.06. The number of thioether (sulfide) groups is 1. The first-order chi connectivity index (χ1) is 10.4. The summed E-state index contributed by atoms with van der Waals surface area (Å²) in [5, 5.41) is 5.56. The van der Waals surface area contributed by atoms with Crippen molar-refractivity contribution in [1.29, 1.82) is 0 Å². The summed E-state index contributed by atoms with van der Waals surface area (Å²) in [4.78, 5) is 4.60. The van der Waals surface area contributed by atoms with E-state index in [1.54, 1.807) is 0 Å². The van der Waals surface area contributed by atoms with Gasteiger partial charge in [-0.2, -0.15) is 11.8 Å². The van der Waals surface area contributed by atoms with Crippen LogP contribution in [0.5, 0.6) is 0 Å². The predicted octanol–water partition coefficient (Wildman–Crippen LogP) is 4.56. The molecule has 1 saturated carbocycles. The summed E-state index contributed by atoms with van der Waals surface area (Å²) >= 11 is 2.14. The van der Waals surface area contributed by atoms with Crippen molar-refractivity contribution in [2.45, 2.75) is 43.4 Å². The van der Waals surface area contributed by atoms with Crippen LogP contribution in [0.1, 0.15) is 43.7 Å². The molecule has 21 heavy (non-hydrogen) atoms. The molecule has 0 aliphatic heterocycles. The van der Waals surface area contributed by atoms with Crippen molar-refractivity contribution in [3.8, 4) is 0 Å². The zero-order chi connectivity index (χ0) is 14.5. The molecule has 3 heteroatoms. The topological polar surface area (TPSA) is 24.9 Å². The number of nitrogens with one attached hydrogen (secondary N) is 1. The molecule has 112 valence electrons. The molecule has 1 aromatic heterocycles. The molecule has 0 amide bonds. The van der Waals surface area contributed by atoms with E-state index >= 15 is 0 Å². The molecule has 0 saturated heterocycles. The quantitative estimate of drug-likeness (QED) is 0.876. The number of aromatic nitrogens is 1. The second kappa shape index (κ2) is 7.28. The Bertz CT molecular complexity index is 578. The molecule has 1 atom stereocenters. The summed E-state index contributed by atoms with van der Waals surface area (Å²) in [5.41, 5.74) is 2.38. The first-order valence-electron chi connectivity index (χ1n) is 8.00. The highest BCUT2D eigenvalue weighted by Gasteiger charge is 2.17. The van der Waals surface area contributed by atoms with E-state index in [-0.39, 0.29) is 0 Å². The fraction of sp³-hybridized carbons (Fsp3) is 0.500. The Morgan fingerprint density at radius 2 is 2.05 bits per heavy atom. The molecule has 1 aliphatic carbocycles. The van der Waals surface area contributed by atoms with Crippen molar-refractivity contribution < 1.29 is 0 Å². The summed E-state index contributed by atoms with van der Waals surface area (Å²) in [5.74, 6) is 1.14. The molecule has 2 nitrogen and oxygen atoms in total. The highest BCUT2D eigenvalue weighted by molar-refractivity contribution is 7.99. The fourth-order valence-electron chi connectivity index (χ4n) is 3.09. The maximum Gasteiger partial charge on any atom is 0.0702 e. The largest absolute Gasteiger partial charge is 0.312 e. The van der Waals surface area contributed by atoms with Gasteiger partial charge in [-0.05, 0) is 37.6 Å². The lowest BCUT2D eigenvalue weighted by molar-refractivity contribution is 0.514. The Morgan fingerprint density at radius 3 is 2.86 bits per heavy atom. The zero-order valence-corrected chi connectivity index (χ0v) is 13.5. The predicted molar refractivity (Wildman–Crippen MR) is 92.9 cm³/mol. The lowest BCUT2D eigenvalue weighted by atomic mass is 10.0. The molecular weight excluding hydrogens is 276 g/mol. The highest BCUT2D eigenvalue weighted by Crippen LogP contribution is 2.31. The highest BCUT2D eigenvalue weighted by atomic mass is 32.2. The average Bonchev–Trinajstić information content (AvgIpc) is 2.56. The third-order valence-corrected chi connectivity index (χ3v) is 5.88. The van der Waals surface area contributed by atoms with Crippen molar-refractivity contribution in [2.24, 2.45) is 0 Å². The van der Waals surface area contributed by atoms with Gasteiger partial charge in [-0.25, -0.2) is 0 Å². The molecule has 1 unspecified atom stereocenters. The number of pyridine rings is 1. The van der Waals surface area contributed by atoms with Crippen molar-refractivity contribution in [2.75, 3.05) is 12.8 Å². The van der Waals surface area contributed by atoms with Gasteiger partial charge in [0.15, 0.2) is 0 Å². The van der Waals surface area contributed by atoms with Crippen LogP contribution in [-0.4, -0.2) is 23.0 Å². The normalized spacial score (nSPS) is 18.0. The van der Waals surface area contributed by atoms with Gasteiger partial charge in [0.1, 0.15) is 0 Å². The standard InChI is InChI=1S/C18H24N2S/c1-19-18(13-21-16-8-3-2-4-9-16)15-11-14-7-5-6-10-17(14)20-12-15/h5-7,10-12,16,18-19H,2-4,8-9,13H2,1H3. The molecular formula is C18H24N2S. The molecule has 1 aromatic carbocycles. The van der Waals surface area contributed by atoms with Crippen molar-refractivity contribution in [3.63, 3.8) is 0 Å². The maximum atomic E-state index is 4.60. The third kappa shape index (κ3) is 3.78. The van der Waals surface area contributed by atoms with E-state index < -0.39 is 0 Å². The minimum atomic E-state index is 0.397. The molecule has 1 aliphatic rings. The van der Waals surface area contributed by atoms with Crippen LogP contribution in [0.25, 0.3) is 10.9 Å². The lowest BCUT2D eigenvalue weighted by Gasteiger charge is -2.24. The average molecular weight is 300 g/mol. The van der Waals surface area contributed by atoms with E-state index in [1.807, 2.05) is 12.3 Å². The van der Waals surface area contributed by atoms with E-state index in [1.165, 1.54) is 43.1 Å². The zero-order valence-electron chi connectivity index (χ0n) is 12.7. The number of benzene rings is 1. The number of para-hydroxylation sites is 1. The Balaban J connectivity index is 1.68. The van der Waals surface area contributed by atoms with Gasteiger partial charge in [0.2, 0.25) is 0 Å². The van der Waals surface area contributed by atoms with Crippen LogP contribution in [0.3, 0.4) is 0 Å². The maximum absolute atomic E-state index is 4.60. The third-order valence-electron chi connectivity index (χ3n) is 4.41. The van der Waals surface area contributed by atoms with Crippen LogP contribution in [0.15, 0.2) is 36.5 Å². The summed E-state index contributed by atoms with van der Waals surface area (Å²) in [6.07, 6.45) is 9.10. The number of rotatable bonds is 5. The minimum absolute atomic E-state index is 0.397. The van der Waals surface area contributed by atoms with E-state index in [2.05, 4.69) is 53.4 Å². The van der Waals surface area contributed by atoms with E-state index in [0.29, 0.717) is 6.04 Å². The second-order valence-corrected chi connectivity index (χ2v) is 7.23. The number of fused-ring (bicyclic) bond motifs is 1. The Morgan fingerprint density at radius 1 is 1.24 bits per heavy atom. The van der Waals surface area contributed by atoms with Gasteiger partial charge in [-0.1, -0.05) is 37.5 Å². The first-order valence-corrected chi connectivity index (χ1v) is 9.05. The van der Waals surface area contributed by atoms with Crippen molar-refractivity contribution in [3.05, 3.63) is 42.1 Å². The van der Waals surface area contributed by atoms with Crippen LogP contribution in [0, 0.1) is 0 Å². The van der Waals surface area contributed by atoms with Crippen LogP contribution in [0.4, 0.5) is 0 Å². The number of hydrogen-bond donors (Lipinski definition) is 1. The van der Waals surface area contributed by atoms with Gasteiger partial charge in [0, 0.05) is 28.6 Å². The molecule has 2 aromatic rings. The molecule has 0 radical (unpaired) electrons. The Kier molecular flexibility index (Phi) is 5.15. The first kappa shape index (κ1) is 14.9. The molecule has 0 spiro atoms. The van der Waals surface area contributed by atoms with Crippen LogP contribution in [-0.2, 0) is 0 Å². The molecule has 1 heterocycles. The van der Waals surface area contributed by atoms with E-state index in [4.69, 9.17) is 0 Å². The molecule has 0 bridgehead atoms. The smallest absolute Gasteiger partial charge is 0.0702 e. The molecule has 3 rings (SSSR count). The Labute approximate surface area is 131 Å². The van der Waals surface area contributed by atoms with Gasteiger partial charge in [0.05, 0.1) is 5.52 Å².